The lowest BCUT2D eigenvalue weighted by Crippen LogP contribution is -2.52. The summed E-state index contributed by atoms with van der Waals surface area (Å²) in [5.74, 6) is -0.00544. The monoisotopic (exact) mass is 350 g/mol. The van der Waals surface area contributed by atoms with Gasteiger partial charge in [0.15, 0.2) is 19.7 Å². The highest BCUT2D eigenvalue weighted by Crippen LogP contribution is 2.44. The molecule has 0 saturated carbocycles. The number of rotatable bonds is 5. The van der Waals surface area contributed by atoms with Gasteiger partial charge in [-0.1, -0.05) is 31.6 Å². The van der Waals surface area contributed by atoms with Crippen LogP contribution in [0.2, 0.25) is 0 Å². The predicted octanol–water partition coefficient (Wildman–Crippen LogP) is 1.70. The molecule has 0 aromatic carbocycles. The van der Waals surface area contributed by atoms with Crippen molar-refractivity contribution in [3.63, 3.8) is 0 Å². The second kappa shape index (κ2) is 5.76. The molecule has 1 aliphatic carbocycles. The molecule has 0 aromatic heterocycles. The third-order valence-corrected chi connectivity index (χ3v) is 10.0. The summed E-state index contributed by atoms with van der Waals surface area (Å²) in [6.45, 7) is 7.26. The maximum absolute atomic E-state index is 12.2. The molecule has 2 unspecified atom stereocenters. The van der Waals surface area contributed by atoms with Gasteiger partial charge in [-0.2, -0.15) is 0 Å². The van der Waals surface area contributed by atoms with Crippen molar-refractivity contribution < 1.29 is 21.9 Å². The van der Waals surface area contributed by atoms with Gasteiger partial charge < -0.3 is 5.11 Å². The minimum absolute atomic E-state index is 0.00544. The molecule has 7 heteroatoms. The first-order chi connectivity index (χ1) is 9.68. The fraction of sp³-hybridized carbons (Fsp3) is 0.733. The van der Waals surface area contributed by atoms with E-state index in [1.54, 1.807) is 6.08 Å². The van der Waals surface area contributed by atoms with Crippen molar-refractivity contribution in [2.75, 3.05) is 12.5 Å². The van der Waals surface area contributed by atoms with Gasteiger partial charge in [-0.3, -0.25) is 0 Å². The van der Waals surface area contributed by atoms with Crippen LogP contribution < -0.4 is 0 Å². The largest absolute Gasteiger partial charge is 0.390 e. The van der Waals surface area contributed by atoms with Crippen LogP contribution in [0, 0.1) is 11.3 Å². The summed E-state index contributed by atoms with van der Waals surface area (Å²) in [7, 11) is -8.14. The smallest absolute Gasteiger partial charge is 0.215 e. The van der Waals surface area contributed by atoms with Gasteiger partial charge in [-0.15, -0.1) is 0 Å². The second-order valence-electron chi connectivity index (χ2n) is 6.75. The molecule has 2 atom stereocenters. The minimum Gasteiger partial charge on any atom is -0.390 e. The van der Waals surface area contributed by atoms with Crippen molar-refractivity contribution in [2.45, 2.75) is 44.3 Å². The van der Waals surface area contributed by atoms with Gasteiger partial charge in [-0.25, -0.2) is 16.8 Å². The Hall–Kier alpha value is -0.660. The molecule has 0 saturated heterocycles. The zero-order valence-electron chi connectivity index (χ0n) is 14.0. The summed E-state index contributed by atoms with van der Waals surface area (Å²) >= 11 is 0. The quantitative estimate of drug-likeness (QED) is 0.763. The van der Waals surface area contributed by atoms with E-state index in [9.17, 15) is 21.9 Å². The van der Waals surface area contributed by atoms with E-state index in [2.05, 4.69) is 6.08 Å². The van der Waals surface area contributed by atoms with Gasteiger partial charge in [0, 0.05) is 12.5 Å². The third-order valence-electron chi connectivity index (χ3n) is 4.92. The normalized spacial score (nSPS) is 24.5. The van der Waals surface area contributed by atoms with Crippen LogP contribution in [-0.2, 0) is 19.7 Å². The number of allylic oxidation sites excluding steroid dienone is 3. The van der Waals surface area contributed by atoms with E-state index in [1.807, 2.05) is 20.8 Å². The molecular formula is C15H26O5S2. The highest BCUT2D eigenvalue weighted by Gasteiger charge is 2.52. The summed E-state index contributed by atoms with van der Waals surface area (Å²) in [5.41, 5.74) is 1.01. The molecule has 1 aliphatic rings. The molecule has 0 bridgehead atoms. The Kier molecular flexibility index (Phi) is 5.08. The van der Waals surface area contributed by atoms with Crippen LogP contribution in [0.15, 0.2) is 23.8 Å². The average Bonchev–Trinajstić information content (AvgIpc) is 2.51. The van der Waals surface area contributed by atoms with Gasteiger partial charge in [0.25, 0.3) is 0 Å². The Morgan fingerprint density at radius 3 is 2.00 bits per heavy atom. The van der Waals surface area contributed by atoms with Gasteiger partial charge in [0.05, 0.1) is 6.10 Å². The molecule has 0 spiro atoms. The highest BCUT2D eigenvalue weighted by molar-refractivity contribution is 8.10. The van der Waals surface area contributed by atoms with Crippen LogP contribution in [0.25, 0.3) is 0 Å². The van der Waals surface area contributed by atoms with Crippen molar-refractivity contribution in [2.24, 2.45) is 11.3 Å². The molecule has 1 N–H and O–H groups in total. The molecule has 0 fully saturated rings. The summed E-state index contributed by atoms with van der Waals surface area (Å²) in [4.78, 5) is 0. The van der Waals surface area contributed by atoms with Crippen molar-refractivity contribution in [1.82, 2.24) is 0 Å². The molecule has 0 aromatic rings. The van der Waals surface area contributed by atoms with Gasteiger partial charge in [0.2, 0.25) is 4.08 Å². The fourth-order valence-corrected chi connectivity index (χ4v) is 7.09. The van der Waals surface area contributed by atoms with Crippen molar-refractivity contribution >= 4 is 19.7 Å². The maximum atomic E-state index is 12.2. The topological polar surface area (TPSA) is 88.5 Å². The standard InChI is InChI=1S/C15H26O5S2/c1-11-7-8-13(14(11,3)4)9-10-15(12(2)16,21(5,17)18)22(6,19)20/h7,9-10,12-13,16H,8H2,1-6H3. The van der Waals surface area contributed by atoms with Crippen LogP contribution in [0.1, 0.15) is 34.1 Å². The van der Waals surface area contributed by atoms with E-state index in [1.165, 1.54) is 18.6 Å². The lowest BCUT2D eigenvalue weighted by Gasteiger charge is -2.32. The Morgan fingerprint density at radius 1 is 1.27 bits per heavy atom. The summed E-state index contributed by atoms with van der Waals surface area (Å²) in [6, 6.07) is 0. The van der Waals surface area contributed by atoms with Gasteiger partial charge in [0.1, 0.15) is 0 Å². The lowest BCUT2D eigenvalue weighted by molar-refractivity contribution is 0.187. The zero-order chi connectivity index (χ0) is 17.6. The molecule has 22 heavy (non-hydrogen) atoms. The van der Waals surface area contributed by atoms with Crippen LogP contribution in [0.4, 0.5) is 0 Å². The van der Waals surface area contributed by atoms with Crippen molar-refractivity contribution in [3.8, 4) is 0 Å². The Labute approximate surface area is 134 Å². The number of aliphatic hydroxyl groups is 1. The van der Waals surface area contributed by atoms with Crippen LogP contribution >= 0.6 is 0 Å². The first-order valence-electron chi connectivity index (χ1n) is 7.11. The third kappa shape index (κ3) is 3.03. The summed E-state index contributed by atoms with van der Waals surface area (Å²) < 4.78 is 46.4. The lowest BCUT2D eigenvalue weighted by atomic mass is 9.77. The van der Waals surface area contributed by atoms with E-state index >= 15 is 0 Å². The Morgan fingerprint density at radius 2 is 1.73 bits per heavy atom. The molecule has 0 heterocycles. The molecule has 0 aliphatic heterocycles. The van der Waals surface area contributed by atoms with Crippen LogP contribution in [0.3, 0.4) is 0 Å². The van der Waals surface area contributed by atoms with Crippen LogP contribution in [0.5, 0.6) is 0 Å². The second-order valence-corrected chi connectivity index (χ2v) is 11.4. The fourth-order valence-electron chi connectivity index (χ4n) is 3.00. The molecule has 0 amide bonds. The van der Waals surface area contributed by atoms with E-state index in [-0.39, 0.29) is 11.3 Å². The minimum atomic E-state index is -4.07. The highest BCUT2D eigenvalue weighted by atomic mass is 32.3. The zero-order valence-corrected chi connectivity index (χ0v) is 15.6. The predicted molar refractivity (Wildman–Crippen MR) is 88.9 cm³/mol. The number of hydrogen-bond acceptors (Lipinski definition) is 5. The SMILES string of the molecule is CC1=CCC(C=CC(C(C)O)(S(C)(=O)=O)S(C)(=O)=O)C1(C)C. The van der Waals surface area contributed by atoms with E-state index in [0.717, 1.165) is 18.9 Å². The van der Waals surface area contributed by atoms with Crippen molar-refractivity contribution in [1.29, 1.82) is 0 Å². The van der Waals surface area contributed by atoms with Crippen LogP contribution in [-0.4, -0.2) is 44.6 Å². The average molecular weight is 351 g/mol. The number of sulfone groups is 2. The first-order valence-corrected chi connectivity index (χ1v) is 10.9. The Balaban J connectivity index is 3.43. The molecule has 0 radical (unpaired) electrons. The maximum Gasteiger partial charge on any atom is 0.215 e. The van der Waals surface area contributed by atoms with E-state index < -0.39 is 29.9 Å². The van der Waals surface area contributed by atoms with Crippen molar-refractivity contribution in [3.05, 3.63) is 23.8 Å². The molecule has 5 nitrogen and oxygen atoms in total. The number of aliphatic hydroxyl groups excluding tert-OH is 1. The van der Waals surface area contributed by atoms with Gasteiger partial charge in [-0.05, 0) is 37.7 Å². The molecule has 128 valence electrons. The van der Waals surface area contributed by atoms with E-state index in [4.69, 9.17) is 0 Å². The number of hydrogen-bond donors (Lipinski definition) is 1. The summed E-state index contributed by atoms with van der Waals surface area (Å²) in [5, 5.41) is 9.97. The van der Waals surface area contributed by atoms with E-state index in [0.29, 0.717) is 0 Å². The first kappa shape index (κ1) is 19.4. The summed E-state index contributed by atoms with van der Waals surface area (Å²) in [6.07, 6.45) is 5.71. The Bertz CT molecular complexity index is 662. The molecular weight excluding hydrogens is 324 g/mol. The molecule has 1 rings (SSSR count). The van der Waals surface area contributed by atoms with Gasteiger partial charge >= 0.3 is 0 Å².